The predicted molar refractivity (Wildman–Crippen MR) is 142 cm³/mol. The summed E-state index contributed by atoms with van der Waals surface area (Å²) in [7, 11) is 0. The lowest BCUT2D eigenvalue weighted by Crippen LogP contribution is -2.57. The first kappa shape index (κ1) is 27.4. The molecule has 0 atom stereocenters. The van der Waals surface area contributed by atoms with E-state index in [0.29, 0.717) is 35.9 Å². The van der Waals surface area contributed by atoms with Gasteiger partial charge >= 0.3 is 6.18 Å². The van der Waals surface area contributed by atoms with E-state index in [1.54, 1.807) is 29.2 Å². The second-order valence-electron chi connectivity index (χ2n) is 10.1. The third-order valence-electron chi connectivity index (χ3n) is 7.74. The number of alkyl halides is 3. The number of pyridine rings is 1. The number of carbonyl (C=O) groups excluding carboxylic acids is 2. The molecule has 4 heterocycles. The standard InChI is InChI=1S/C29H23F5N6O2/c30-19-3-5-20(6-4-19)39-17-36-27(42)28(39)9-12-38(13-10-28)26(41)24-15-25(18-2-1-11-35-16-18)40(37-24)21-7-8-22(23(31)14-21)29(32,33)34/h1-8,11,14-16H,9-10,12-13,17H2,(H,36,42). The number of hydrogen-bond acceptors (Lipinski definition) is 5. The molecule has 2 aromatic heterocycles. The van der Waals surface area contributed by atoms with Gasteiger partial charge in [-0.3, -0.25) is 14.6 Å². The Labute approximate surface area is 236 Å². The maximum Gasteiger partial charge on any atom is 0.419 e. The molecule has 0 unspecified atom stereocenters. The molecule has 216 valence electrons. The lowest BCUT2D eigenvalue weighted by Gasteiger charge is -2.43. The van der Waals surface area contributed by atoms with Crippen LogP contribution in [0.3, 0.4) is 0 Å². The molecule has 1 N–H and O–H groups in total. The van der Waals surface area contributed by atoms with Crippen molar-refractivity contribution in [2.24, 2.45) is 0 Å². The Morgan fingerprint density at radius 3 is 2.31 bits per heavy atom. The fourth-order valence-electron chi connectivity index (χ4n) is 5.56. The molecule has 2 aromatic carbocycles. The average Bonchev–Trinajstić information content (AvgIpc) is 3.56. The van der Waals surface area contributed by atoms with Crippen LogP contribution in [0.15, 0.2) is 73.1 Å². The van der Waals surface area contributed by atoms with Crippen molar-refractivity contribution in [2.45, 2.75) is 24.6 Å². The highest BCUT2D eigenvalue weighted by atomic mass is 19.4. The van der Waals surface area contributed by atoms with Crippen molar-refractivity contribution in [3.05, 3.63) is 95.9 Å². The van der Waals surface area contributed by atoms with E-state index in [4.69, 9.17) is 0 Å². The van der Waals surface area contributed by atoms with Crippen molar-refractivity contribution in [3.63, 3.8) is 0 Å². The predicted octanol–water partition coefficient (Wildman–Crippen LogP) is 4.80. The summed E-state index contributed by atoms with van der Waals surface area (Å²) in [6.45, 7) is 0.683. The number of aromatic nitrogens is 3. The van der Waals surface area contributed by atoms with E-state index < -0.39 is 34.8 Å². The Morgan fingerprint density at radius 2 is 1.67 bits per heavy atom. The lowest BCUT2D eigenvalue weighted by molar-refractivity contribution is -0.140. The summed E-state index contributed by atoms with van der Waals surface area (Å²) in [4.78, 5) is 34.1. The topological polar surface area (TPSA) is 83.4 Å². The van der Waals surface area contributed by atoms with Crippen LogP contribution in [0.2, 0.25) is 0 Å². The van der Waals surface area contributed by atoms with Gasteiger partial charge in [0.25, 0.3) is 5.91 Å². The van der Waals surface area contributed by atoms with Gasteiger partial charge in [0, 0.05) is 42.8 Å². The first-order valence-electron chi connectivity index (χ1n) is 13.1. The van der Waals surface area contributed by atoms with Crippen molar-refractivity contribution in [1.82, 2.24) is 25.0 Å². The summed E-state index contributed by atoms with van der Waals surface area (Å²) in [5.41, 5.74) is -0.808. The quantitative estimate of drug-likeness (QED) is 0.350. The van der Waals surface area contributed by atoms with Gasteiger partial charge in [-0.05, 0) is 67.4 Å². The molecule has 0 radical (unpaired) electrons. The summed E-state index contributed by atoms with van der Waals surface area (Å²) < 4.78 is 68.6. The van der Waals surface area contributed by atoms with Crippen LogP contribution in [0.1, 0.15) is 28.9 Å². The molecule has 13 heteroatoms. The van der Waals surface area contributed by atoms with E-state index in [0.717, 1.165) is 12.1 Å². The number of anilines is 1. The number of nitrogens with zero attached hydrogens (tertiary/aromatic N) is 5. The van der Waals surface area contributed by atoms with Gasteiger partial charge in [-0.15, -0.1) is 0 Å². The van der Waals surface area contributed by atoms with Crippen LogP contribution in [-0.4, -0.2) is 56.8 Å². The molecule has 2 aliphatic heterocycles. The molecule has 2 fully saturated rings. The number of piperidine rings is 1. The van der Waals surface area contributed by atoms with Crippen molar-refractivity contribution in [1.29, 1.82) is 0 Å². The highest BCUT2D eigenvalue weighted by Gasteiger charge is 2.51. The number of likely N-dealkylation sites (tertiary alicyclic amines) is 1. The van der Waals surface area contributed by atoms with Gasteiger partial charge in [-0.2, -0.15) is 18.3 Å². The Kier molecular flexibility index (Phi) is 6.66. The molecule has 2 amide bonds. The second kappa shape index (κ2) is 10.2. The number of amides is 2. The SMILES string of the molecule is O=C(c1cc(-c2cccnc2)n(-c2ccc(C(F)(F)F)c(F)c2)n1)N1CCC2(CC1)C(=O)NCN2c1ccc(F)cc1. The zero-order valence-electron chi connectivity index (χ0n) is 21.9. The van der Waals surface area contributed by atoms with E-state index >= 15 is 0 Å². The first-order chi connectivity index (χ1) is 20.1. The maximum atomic E-state index is 14.5. The number of benzene rings is 2. The zero-order valence-corrected chi connectivity index (χ0v) is 21.9. The Bertz CT molecular complexity index is 1650. The highest BCUT2D eigenvalue weighted by molar-refractivity contribution is 5.96. The smallest absolute Gasteiger partial charge is 0.339 e. The molecule has 1 spiro atoms. The minimum absolute atomic E-state index is 0.00336. The number of rotatable bonds is 4. The minimum atomic E-state index is -4.87. The zero-order chi connectivity index (χ0) is 29.6. The van der Waals surface area contributed by atoms with Crippen LogP contribution in [0, 0.1) is 11.6 Å². The molecule has 0 aliphatic carbocycles. The number of hydrogen-bond donors (Lipinski definition) is 1. The fraction of sp³-hybridized carbons (Fsp3) is 0.241. The van der Waals surface area contributed by atoms with Crippen LogP contribution >= 0.6 is 0 Å². The number of carbonyl (C=O) groups is 2. The van der Waals surface area contributed by atoms with Crippen molar-refractivity contribution < 1.29 is 31.5 Å². The van der Waals surface area contributed by atoms with Crippen molar-refractivity contribution >= 4 is 17.5 Å². The maximum absolute atomic E-state index is 14.5. The van der Waals surface area contributed by atoms with E-state index in [-0.39, 0.29) is 37.0 Å². The van der Waals surface area contributed by atoms with Gasteiger partial charge in [0.15, 0.2) is 5.69 Å². The fourth-order valence-corrected chi connectivity index (χ4v) is 5.56. The van der Waals surface area contributed by atoms with Crippen LogP contribution < -0.4 is 10.2 Å². The summed E-state index contributed by atoms with van der Waals surface area (Å²) >= 11 is 0. The normalized spacial score (nSPS) is 16.6. The third kappa shape index (κ3) is 4.74. The van der Waals surface area contributed by atoms with Crippen LogP contribution in [0.5, 0.6) is 0 Å². The van der Waals surface area contributed by atoms with E-state index in [1.165, 1.54) is 35.3 Å². The molecule has 0 saturated carbocycles. The molecule has 8 nitrogen and oxygen atoms in total. The second-order valence-corrected chi connectivity index (χ2v) is 10.1. The average molecular weight is 583 g/mol. The molecule has 4 aromatic rings. The third-order valence-corrected chi connectivity index (χ3v) is 7.74. The first-order valence-corrected chi connectivity index (χ1v) is 13.1. The summed E-state index contributed by atoms with van der Waals surface area (Å²) in [5, 5.41) is 7.22. The summed E-state index contributed by atoms with van der Waals surface area (Å²) in [6.07, 6.45) is -1.22. The molecular formula is C29H23F5N6O2. The summed E-state index contributed by atoms with van der Waals surface area (Å²) in [6, 6.07) is 13.1. The van der Waals surface area contributed by atoms with Crippen molar-refractivity contribution in [3.8, 4) is 16.9 Å². The van der Waals surface area contributed by atoms with E-state index in [2.05, 4.69) is 15.4 Å². The van der Waals surface area contributed by atoms with Gasteiger partial charge < -0.3 is 15.1 Å². The van der Waals surface area contributed by atoms with Crippen LogP contribution in [-0.2, 0) is 11.0 Å². The Hall–Kier alpha value is -4.81. The Balaban J connectivity index is 1.29. The van der Waals surface area contributed by atoms with Crippen molar-refractivity contribution in [2.75, 3.05) is 24.7 Å². The Morgan fingerprint density at radius 1 is 0.952 bits per heavy atom. The van der Waals surface area contributed by atoms with E-state index in [1.807, 2.05) is 4.90 Å². The van der Waals surface area contributed by atoms with E-state index in [9.17, 15) is 31.5 Å². The van der Waals surface area contributed by atoms with Gasteiger partial charge in [0.2, 0.25) is 5.91 Å². The van der Waals surface area contributed by atoms with Crippen LogP contribution in [0.4, 0.5) is 27.6 Å². The highest BCUT2D eigenvalue weighted by Crippen LogP contribution is 2.37. The molecule has 2 saturated heterocycles. The largest absolute Gasteiger partial charge is 0.419 e. The number of nitrogens with one attached hydrogen (secondary N) is 1. The molecule has 42 heavy (non-hydrogen) atoms. The molecular weight excluding hydrogens is 559 g/mol. The monoisotopic (exact) mass is 582 g/mol. The van der Waals surface area contributed by atoms with Gasteiger partial charge in [-0.25, -0.2) is 13.5 Å². The molecule has 2 aliphatic rings. The van der Waals surface area contributed by atoms with Crippen LogP contribution in [0.25, 0.3) is 16.9 Å². The number of halogens is 5. The van der Waals surface area contributed by atoms with Gasteiger partial charge in [-0.1, -0.05) is 0 Å². The minimum Gasteiger partial charge on any atom is -0.339 e. The molecule has 0 bridgehead atoms. The van der Waals surface area contributed by atoms with Gasteiger partial charge in [0.1, 0.15) is 17.2 Å². The summed E-state index contributed by atoms with van der Waals surface area (Å²) in [5.74, 6) is -2.49. The van der Waals surface area contributed by atoms with Gasteiger partial charge in [0.05, 0.1) is 23.6 Å². The molecule has 6 rings (SSSR count). The lowest BCUT2D eigenvalue weighted by atomic mass is 9.85.